The molecule has 0 spiro atoms. The number of hydrogen-bond donors (Lipinski definition) is 1. The monoisotopic (exact) mass is 320 g/mol. The quantitative estimate of drug-likeness (QED) is 0.795. The van der Waals surface area contributed by atoms with Gasteiger partial charge in [-0.3, -0.25) is 4.79 Å². The van der Waals surface area contributed by atoms with Crippen molar-refractivity contribution in [1.29, 1.82) is 5.26 Å². The number of aromatic nitrogens is 4. The summed E-state index contributed by atoms with van der Waals surface area (Å²) in [5, 5.41) is 17.3. The van der Waals surface area contributed by atoms with E-state index in [9.17, 15) is 4.79 Å². The molecule has 0 aliphatic heterocycles. The van der Waals surface area contributed by atoms with E-state index in [1.54, 1.807) is 0 Å². The molecule has 7 heteroatoms. The van der Waals surface area contributed by atoms with E-state index in [1.165, 1.54) is 6.20 Å². The van der Waals surface area contributed by atoms with Crippen molar-refractivity contribution in [3.63, 3.8) is 0 Å². The minimum Gasteiger partial charge on any atom is -0.382 e. The average molecular weight is 320 g/mol. The van der Waals surface area contributed by atoms with Crippen LogP contribution in [0, 0.1) is 25.2 Å². The summed E-state index contributed by atoms with van der Waals surface area (Å²) in [5.74, 6) is -0.235. The molecule has 0 saturated carbocycles. The lowest BCUT2D eigenvalue weighted by atomic mass is 10.1. The van der Waals surface area contributed by atoms with Gasteiger partial charge >= 0.3 is 0 Å². The lowest BCUT2D eigenvalue weighted by Crippen LogP contribution is -2.18. The summed E-state index contributed by atoms with van der Waals surface area (Å²) in [4.78, 5) is 12.5. The molecular weight excluding hydrogens is 304 g/mol. The van der Waals surface area contributed by atoms with Crippen molar-refractivity contribution >= 4 is 11.7 Å². The van der Waals surface area contributed by atoms with Crippen LogP contribution in [0.5, 0.6) is 0 Å². The van der Waals surface area contributed by atoms with Gasteiger partial charge in [-0.2, -0.15) is 20.1 Å². The van der Waals surface area contributed by atoms with Crippen LogP contribution in [0.3, 0.4) is 0 Å². The molecule has 24 heavy (non-hydrogen) atoms. The van der Waals surface area contributed by atoms with Crippen LogP contribution in [0.25, 0.3) is 5.69 Å². The summed E-state index contributed by atoms with van der Waals surface area (Å²) in [5.41, 5.74) is 9.39. The Morgan fingerprint density at radius 2 is 2.00 bits per heavy atom. The highest BCUT2D eigenvalue weighted by Gasteiger charge is 2.19. The summed E-state index contributed by atoms with van der Waals surface area (Å²) in [6.07, 6.45) is 1.40. The number of anilines is 1. The van der Waals surface area contributed by atoms with Crippen molar-refractivity contribution in [1.82, 2.24) is 19.6 Å². The Morgan fingerprint density at radius 1 is 1.29 bits per heavy atom. The lowest BCUT2D eigenvalue weighted by Gasteiger charge is -2.06. The molecule has 0 atom stereocenters. The van der Waals surface area contributed by atoms with E-state index in [4.69, 9.17) is 11.0 Å². The highest BCUT2D eigenvalue weighted by molar-refractivity contribution is 5.84. The Hall–Kier alpha value is -3.40. The van der Waals surface area contributed by atoms with Crippen LogP contribution < -0.4 is 5.73 Å². The Labute approximate surface area is 138 Å². The zero-order chi connectivity index (χ0) is 17.3. The first-order valence-electron chi connectivity index (χ1n) is 7.40. The fraction of sp³-hybridized carbons (Fsp3) is 0.176. The summed E-state index contributed by atoms with van der Waals surface area (Å²) < 4.78 is 2.88. The van der Waals surface area contributed by atoms with Gasteiger partial charge in [0.2, 0.25) is 0 Å². The molecule has 0 saturated heterocycles. The minimum atomic E-state index is -0.298. The molecule has 7 nitrogen and oxygen atoms in total. The average Bonchev–Trinajstić information content (AvgIpc) is 3.10. The Morgan fingerprint density at radius 3 is 2.62 bits per heavy atom. The third-order valence-corrected chi connectivity index (χ3v) is 3.93. The number of para-hydroxylation sites is 1. The molecule has 3 aromatic rings. The van der Waals surface area contributed by atoms with Gasteiger partial charge in [0.15, 0.2) is 0 Å². The maximum Gasteiger partial charge on any atom is 0.253 e. The zero-order valence-corrected chi connectivity index (χ0v) is 13.4. The third kappa shape index (κ3) is 2.54. The van der Waals surface area contributed by atoms with E-state index in [0.29, 0.717) is 0 Å². The maximum atomic E-state index is 12.5. The van der Waals surface area contributed by atoms with Crippen LogP contribution in [-0.4, -0.2) is 25.5 Å². The number of rotatable bonds is 3. The van der Waals surface area contributed by atoms with Crippen molar-refractivity contribution in [3.05, 3.63) is 59.0 Å². The predicted octanol–water partition coefficient (Wildman–Crippen LogP) is 2.02. The van der Waals surface area contributed by atoms with Crippen LogP contribution in [0.2, 0.25) is 0 Å². The number of nitrogen functional groups attached to an aromatic ring is 1. The number of nitrogens with zero attached hydrogens (tertiary/aromatic N) is 5. The summed E-state index contributed by atoms with van der Waals surface area (Å²) in [6, 6.07) is 11.6. The van der Waals surface area contributed by atoms with Crippen molar-refractivity contribution in [3.8, 4) is 11.8 Å². The molecule has 0 unspecified atom stereocenters. The highest BCUT2D eigenvalue weighted by Crippen LogP contribution is 2.19. The fourth-order valence-electron chi connectivity index (χ4n) is 2.62. The second kappa shape index (κ2) is 6.01. The first-order chi connectivity index (χ1) is 11.5. The van der Waals surface area contributed by atoms with Crippen molar-refractivity contribution in [2.75, 3.05) is 5.73 Å². The van der Waals surface area contributed by atoms with Crippen LogP contribution in [0.1, 0.15) is 27.3 Å². The van der Waals surface area contributed by atoms with E-state index in [1.807, 2.05) is 54.9 Å². The standard InChI is InChI=1S/C17H16N6O/c1-11-15(8-16(24)23-17(19)13(9-18)10-20-23)12(2)22(21-11)14-6-4-3-5-7-14/h3-7,10H,8,19H2,1-2H3. The van der Waals surface area contributed by atoms with Crippen molar-refractivity contribution in [2.24, 2.45) is 0 Å². The largest absolute Gasteiger partial charge is 0.382 e. The minimum absolute atomic E-state index is 0.0632. The normalized spacial score (nSPS) is 10.5. The molecule has 2 N–H and O–H groups in total. The molecule has 2 heterocycles. The number of hydrogen-bond acceptors (Lipinski definition) is 5. The number of nitriles is 1. The fourth-order valence-corrected chi connectivity index (χ4v) is 2.62. The van der Waals surface area contributed by atoms with Crippen LogP contribution >= 0.6 is 0 Å². The van der Waals surface area contributed by atoms with Crippen LogP contribution in [0.15, 0.2) is 36.5 Å². The predicted molar refractivity (Wildman–Crippen MR) is 88.7 cm³/mol. The highest BCUT2D eigenvalue weighted by atomic mass is 16.2. The van der Waals surface area contributed by atoms with E-state index >= 15 is 0 Å². The topological polar surface area (TPSA) is 103 Å². The molecule has 0 fully saturated rings. The summed E-state index contributed by atoms with van der Waals surface area (Å²) in [6.45, 7) is 3.78. The maximum absolute atomic E-state index is 12.5. The summed E-state index contributed by atoms with van der Waals surface area (Å²) in [7, 11) is 0. The molecule has 3 rings (SSSR count). The molecular formula is C17H16N6O. The van der Waals surface area contributed by atoms with Gasteiger partial charge in [-0.1, -0.05) is 18.2 Å². The van der Waals surface area contributed by atoms with Gasteiger partial charge in [-0.15, -0.1) is 0 Å². The van der Waals surface area contributed by atoms with Crippen molar-refractivity contribution in [2.45, 2.75) is 20.3 Å². The molecule has 1 aromatic carbocycles. The van der Waals surface area contributed by atoms with Gasteiger partial charge in [-0.05, 0) is 26.0 Å². The molecule has 2 aromatic heterocycles. The number of carbonyl (C=O) groups is 1. The summed E-state index contributed by atoms with van der Waals surface area (Å²) >= 11 is 0. The number of nitrogens with two attached hydrogens (primary N) is 1. The second-order valence-electron chi connectivity index (χ2n) is 5.43. The molecule has 0 aliphatic carbocycles. The van der Waals surface area contributed by atoms with E-state index in [2.05, 4.69) is 10.2 Å². The van der Waals surface area contributed by atoms with Crippen LogP contribution in [-0.2, 0) is 6.42 Å². The van der Waals surface area contributed by atoms with Gasteiger partial charge in [0.1, 0.15) is 17.5 Å². The molecule has 0 amide bonds. The molecule has 0 aliphatic rings. The van der Waals surface area contributed by atoms with E-state index in [-0.39, 0.29) is 23.7 Å². The lowest BCUT2D eigenvalue weighted by molar-refractivity contribution is 0.0901. The smallest absolute Gasteiger partial charge is 0.253 e. The Kier molecular flexibility index (Phi) is 3.88. The SMILES string of the molecule is Cc1nn(-c2ccccc2)c(C)c1CC(=O)n1ncc(C#N)c1N. The van der Waals surface area contributed by atoms with Crippen LogP contribution in [0.4, 0.5) is 5.82 Å². The molecule has 120 valence electrons. The number of carbonyl (C=O) groups excluding carboxylic acids is 1. The second-order valence-corrected chi connectivity index (χ2v) is 5.43. The Bertz CT molecular complexity index is 946. The van der Waals surface area contributed by atoms with Crippen molar-refractivity contribution < 1.29 is 4.79 Å². The van der Waals surface area contributed by atoms with E-state index in [0.717, 1.165) is 27.3 Å². The van der Waals surface area contributed by atoms with E-state index < -0.39 is 0 Å². The Balaban J connectivity index is 1.94. The number of benzene rings is 1. The van der Waals surface area contributed by atoms with Gasteiger partial charge in [-0.25, -0.2) is 4.68 Å². The first kappa shape index (κ1) is 15.5. The zero-order valence-electron chi connectivity index (χ0n) is 13.4. The number of aryl methyl sites for hydroxylation is 1. The van der Waals surface area contributed by atoms with Gasteiger partial charge in [0, 0.05) is 11.3 Å². The third-order valence-electron chi connectivity index (χ3n) is 3.93. The van der Waals surface area contributed by atoms with Gasteiger partial charge in [0.05, 0.1) is 24.0 Å². The molecule has 0 radical (unpaired) electrons. The van der Waals surface area contributed by atoms with Gasteiger partial charge in [0.25, 0.3) is 5.91 Å². The molecule has 0 bridgehead atoms. The first-order valence-corrected chi connectivity index (χ1v) is 7.40. The van der Waals surface area contributed by atoms with Gasteiger partial charge < -0.3 is 5.73 Å².